The van der Waals surface area contributed by atoms with Crippen molar-refractivity contribution in [1.29, 1.82) is 0 Å². The normalized spacial score (nSPS) is 16.1. The van der Waals surface area contributed by atoms with Crippen LogP contribution in [0.15, 0.2) is 24.3 Å². The smallest absolute Gasteiger partial charge is 0.329 e. The molecule has 1 fully saturated rings. The van der Waals surface area contributed by atoms with Gasteiger partial charge in [0.15, 0.2) is 5.82 Å². The number of anilines is 2. The molecule has 0 atom stereocenters. The van der Waals surface area contributed by atoms with Gasteiger partial charge in [-0.15, -0.1) is 0 Å². The Bertz CT molecular complexity index is 967. The molecule has 0 spiro atoms. The molecule has 0 unspecified atom stereocenters. The first-order valence-electron chi connectivity index (χ1n) is 10.0. The Morgan fingerprint density at radius 3 is 2.60 bits per heavy atom. The number of benzene rings is 1. The third-order valence-electron chi connectivity index (χ3n) is 5.08. The quantitative estimate of drug-likeness (QED) is 0.597. The minimum atomic E-state index is -0.285. The third-order valence-corrected chi connectivity index (χ3v) is 5.08. The van der Waals surface area contributed by atoms with Gasteiger partial charge in [0.05, 0.1) is 12.2 Å². The lowest BCUT2D eigenvalue weighted by Gasteiger charge is -2.18. The van der Waals surface area contributed by atoms with Gasteiger partial charge >= 0.3 is 6.03 Å². The molecule has 1 saturated heterocycles. The first-order valence-corrected chi connectivity index (χ1v) is 10.0. The molecule has 2 aliphatic heterocycles. The van der Waals surface area contributed by atoms with Gasteiger partial charge in [-0.3, -0.25) is 20.1 Å². The van der Waals surface area contributed by atoms with Gasteiger partial charge in [0.25, 0.3) is 5.91 Å². The largest absolute Gasteiger partial charge is 0.335 e. The molecule has 10 nitrogen and oxygen atoms in total. The molecular weight excluding hydrogens is 386 g/mol. The van der Waals surface area contributed by atoms with Gasteiger partial charge in [-0.2, -0.15) is 5.10 Å². The number of carbonyl (C=O) groups is 3. The maximum absolute atomic E-state index is 12.7. The van der Waals surface area contributed by atoms with E-state index in [0.29, 0.717) is 37.4 Å². The van der Waals surface area contributed by atoms with Crippen LogP contribution in [0, 0.1) is 0 Å². The zero-order valence-corrected chi connectivity index (χ0v) is 17.0. The summed E-state index contributed by atoms with van der Waals surface area (Å²) in [6, 6.07) is 6.74. The monoisotopic (exact) mass is 411 g/mol. The fraction of sp³-hybridized carbons (Fsp3) is 0.400. The number of rotatable bonds is 5. The summed E-state index contributed by atoms with van der Waals surface area (Å²) in [6.45, 7) is 5.40. The molecule has 4 amide bonds. The van der Waals surface area contributed by atoms with E-state index in [1.54, 1.807) is 34.2 Å². The third kappa shape index (κ3) is 4.13. The maximum atomic E-state index is 12.7. The molecule has 3 heterocycles. The number of carbonyl (C=O) groups excluding carboxylic acids is 3. The standard InChI is InChI=1S/C20H25N7O3/c1-12(2)21-20(30)25-26-10-15-16(11-26)23-24-18(15)22-19(29)13-5-7-14(8-6-13)27-9-3-4-17(27)28/h5-8,12H,3-4,9-11H2,1-2H3,(H2,21,25,30)(H2,22,23,24,29). The number of urea groups is 1. The van der Waals surface area contributed by atoms with Crippen molar-refractivity contribution >= 4 is 29.4 Å². The molecule has 0 saturated carbocycles. The van der Waals surface area contributed by atoms with Crippen LogP contribution in [0.2, 0.25) is 0 Å². The number of amides is 4. The Kier molecular flexibility index (Phi) is 5.40. The lowest BCUT2D eigenvalue weighted by Crippen LogP contribution is -2.46. The SMILES string of the molecule is CC(C)NC(=O)NN1Cc2[nH]nc(NC(=O)c3ccc(N4CCCC4=O)cc3)c2C1. The molecule has 0 aliphatic carbocycles. The van der Waals surface area contributed by atoms with E-state index in [0.717, 1.165) is 23.4 Å². The molecule has 30 heavy (non-hydrogen) atoms. The Balaban J connectivity index is 1.38. The van der Waals surface area contributed by atoms with Crippen LogP contribution < -0.4 is 21.0 Å². The molecule has 4 N–H and O–H groups in total. The van der Waals surface area contributed by atoms with Crippen molar-refractivity contribution in [1.82, 2.24) is 25.9 Å². The van der Waals surface area contributed by atoms with E-state index in [2.05, 4.69) is 26.3 Å². The fourth-order valence-electron chi connectivity index (χ4n) is 3.65. The van der Waals surface area contributed by atoms with E-state index < -0.39 is 0 Å². The molecule has 158 valence electrons. The predicted molar refractivity (Wildman–Crippen MR) is 111 cm³/mol. The van der Waals surface area contributed by atoms with Gasteiger partial charge in [-0.05, 0) is 44.5 Å². The molecule has 4 rings (SSSR count). The number of nitrogens with zero attached hydrogens (tertiary/aromatic N) is 3. The zero-order valence-electron chi connectivity index (χ0n) is 17.0. The predicted octanol–water partition coefficient (Wildman–Crippen LogP) is 1.73. The summed E-state index contributed by atoms with van der Waals surface area (Å²) in [5.74, 6) is 0.273. The summed E-state index contributed by atoms with van der Waals surface area (Å²) < 4.78 is 0. The van der Waals surface area contributed by atoms with Crippen LogP contribution in [0.3, 0.4) is 0 Å². The summed E-state index contributed by atoms with van der Waals surface area (Å²) in [7, 11) is 0. The van der Waals surface area contributed by atoms with Crippen LogP contribution in [-0.2, 0) is 17.9 Å². The minimum absolute atomic E-state index is 0.0388. The first-order chi connectivity index (χ1) is 14.4. The average molecular weight is 411 g/mol. The van der Waals surface area contributed by atoms with Gasteiger partial charge < -0.3 is 15.5 Å². The van der Waals surface area contributed by atoms with Crippen LogP contribution in [0.25, 0.3) is 0 Å². The number of hydrazine groups is 1. The van der Waals surface area contributed by atoms with Gasteiger partial charge in [0.2, 0.25) is 5.91 Å². The van der Waals surface area contributed by atoms with Gasteiger partial charge in [0, 0.05) is 42.4 Å². The maximum Gasteiger partial charge on any atom is 0.329 e. The topological polar surface area (TPSA) is 122 Å². The van der Waals surface area contributed by atoms with Crippen molar-refractivity contribution in [2.45, 2.75) is 45.8 Å². The number of aromatic nitrogens is 2. The van der Waals surface area contributed by atoms with E-state index in [1.165, 1.54) is 0 Å². The van der Waals surface area contributed by atoms with Crippen molar-refractivity contribution in [2.24, 2.45) is 0 Å². The molecule has 10 heteroatoms. The van der Waals surface area contributed by atoms with Gasteiger partial charge in [0.1, 0.15) is 0 Å². The number of fused-ring (bicyclic) bond motifs is 1. The number of H-pyrrole nitrogens is 1. The van der Waals surface area contributed by atoms with Gasteiger partial charge in [-0.1, -0.05) is 0 Å². The summed E-state index contributed by atoms with van der Waals surface area (Å²) >= 11 is 0. The number of nitrogens with one attached hydrogen (secondary N) is 4. The van der Waals surface area contributed by atoms with Crippen molar-refractivity contribution in [3.8, 4) is 0 Å². The number of hydrogen-bond donors (Lipinski definition) is 4. The summed E-state index contributed by atoms with van der Waals surface area (Å²) in [5.41, 5.74) is 5.75. The first kappa shape index (κ1) is 19.9. The van der Waals surface area contributed by atoms with Crippen LogP contribution >= 0.6 is 0 Å². The van der Waals surface area contributed by atoms with E-state index in [1.807, 2.05) is 13.8 Å². The number of hydrogen-bond acceptors (Lipinski definition) is 5. The van der Waals surface area contributed by atoms with Crippen LogP contribution in [-0.4, -0.2) is 45.6 Å². The highest BCUT2D eigenvalue weighted by atomic mass is 16.2. The van der Waals surface area contributed by atoms with Crippen molar-refractivity contribution in [3.63, 3.8) is 0 Å². The van der Waals surface area contributed by atoms with Crippen molar-refractivity contribution < 1.29 is 14.4 Å². The molecule has 1 aromatic heterocycles. The highest BCUT2D eigenvalue weighted by Crippen LogP contribution is 2.26. The lowest BCUT2D eigenvalue weighted by atomic mass is 10.1. The van der Waals surface area contributed by atoms with E-state index in [-0.39, 0.29) is 23.9 Å². The second kappa shape index (κ2) is 8.15. The Labute approximate surface area is 174 Å². The van der Waals surface area contributed by atoms with E-state index >= 15 is 0 Å². The minimum Gasteiger partial charge on any atom is -0.335 e. The summed E-state index contributed by atoms with van der Waals surface area (Å²) in [5, 5.41) is 14.5. The van der Waals surface area contributed by atoms with E-state index in [9.17, 15) is 14.4 Å². The molecule has 0 radical (unpaired) electrons. The molecular formula is C20H25N7O3. The zero-order chi connectivity index (χ0) is 21.3. The Morgan fingerprint density at radius 2 is 1.93 bits per heavy atom. The van der Waals surface area contributed by atoms with Crippen LogP contribution in [0.5, 0.6) is 0 Å². The van der Waals surface area contributed by atoms with Crippen LogP contribution in [0.1, 0.15) is 48.3 Å². The highest BCUT2D eigenvalue weighted by Gasteiger charge is 2.27. The average Bonchev–Trinajstić information content (AvgIpc) is 3.38. The Morgan fingerprint density at radius 1 is 1.17 bits per heavy atom. The molecule has 2 aliphatic rings. The summed E-state index contributed by atoms with van der Waals surface area (Å²) in [4.78, 5) is 38.1. The molecule has 2 aromatic rings. The van der Waals surface area contributed by atoms with E-state index in [4.69, 9.17) is 0 Å². The second-order valence-electron chi connectivity index (χ2n) is 7.78. The molecule has 0 bridgehead atoms. The number of aromatic amines is 1. The highest BCUT2D eigenvalue weighted by molar-refractivity contribution is 6.04. The Hall–Kier alpha value is -3.40. The molecule has 1 aromatic carbocycles. The van der Waals surface area contributed by atoms with Gasteiger partial charge in [-0.25, -0.2) is 9.80 Å². The van der Waals surface area contributed by atoms with Crippen molar-refractivity contribution in [2.75, 3.05) is 16.8 Å². The summed E-state index contributed by atoms with van der Waals surface area (Å²) in [6.07, 6.45) is 1.42. The lowest BCUT2D eigenvalue weighted by molar-refractivity contribution is -0.117. The second-order valence-corrected chi connectivity index (χ2v) is 7.78. The van der Waals surface area contributed by atoms with Crippen LogP contribution in [0.4, 0.5) is 16.3 Å². The van der Waals surface area contributed by atoms with Crippen molar-refractivity contribution in [3.05, 3.63) is 41.1 Å². The fourth-order valence-corrected chi connectivity index (χ4v) is 3.65.